The molecule has 0 aromatic carbocycles. The zero-order valence-corrected chi connectivity index (χ0v) is 13.9. The van der Waals surface area contributed by atoms with Crippen LogP contribution in [0, 0.1) is 17.3 Å². The van der Waals surface area contributed by atoms with Crippen molar-refractivity contribution in [2.75, 3.05) is 0 Å². The molecule has 2 nitrogen and oxygen atoms in total. The van der Waals surface area contributed by atoms with Gasteiger partial charge in [0.05, 0.1) is 12.2 Å². The van der Waals surface area contributed by atoms with E-state index in [0.717, 1.165) is 38.5 Å². The number of aliphatic hydroxyl groups is 2. The second-order valence-corrected chi connectivity index (χ2v) is 7.15. The highest BCUT2D eigenvalue weighted by molar-refractivity contribution is 4.75. The van der Waals surface area contributed by atoms with Gasteiger partial charge in [-0.25, -0.2) is 0 Å². The van der Waals surface area contributed by atoms with E-state index in [-0.39, 0.29) is 12.2 Å². The van der Waals surface area contributed by atoms with Crippen molar-refractivity contribution in [2.45, 2.75) is 92.3 Å². The maximum absolute atomic E-state index is 9.81. The molecule has 4 atom stereocenters. The van der Waals surface area contributed by atoms with Crippen molar-refractivity contribution in [2.24, 2.45) is 17.3 Å². The second-order valence-electron chi connectivity index (χ2n) is 7.15. The molecule has 0 aliphatic rings. The molecule has 4 unspecified atom stereocenters. The smallest absolute Gasteiger partial charge is 0.0563 e. The standard InChI is InChI=1S/C17H36O2/c1-7-15(18)13(3)9-11-17(5,6)12-10-14(4)16(19)8-2/h13-16,18-19H,7-12H2,1-6H3. The van der Waals surface area contributed by atoms with Gasteiger partial charge in [0.15, 0.2) is 0 Å². The van der Waals surface area contributed by atoms with Crippen molar-refractivity contribution in [3.05, 3.63) is 0 Å². The van der Waals surface area contributed by atoms with Crippen LogP contribution in [0.2, 0.25) is 0 Å². The summed E-state index contributed by atoms with van der Waals surface area (Å²) in [6, 6.07) is 0. The summed E-state index contributed by atoms with van der Waals surface area (Å²) in [6.45, 7) is 13.0. The summed E-state index contributed by atoms with van der Waals surface area (Å²) in [5.41, 5.74) is 0.309. The Balaban J connectivity index is 4.04. The first-order valence-electron chi connectivity index (χ1n) is 8.09. The molecule has 2 N–H and O–H groups in total. The first kappa shape index (κ1) is 18.9. The highest BCUT2D eigenvalue weighted by Gasteiger charge is 2.23. The molecule has 0 fully saturated rings. The summed E-state index contributed by atoms with van der Waals surface area (Å²) in [4.78, 5) is 0. The van der Waals surface area contributed by atoms with Crippen LogP contribution < -0.4 is 0 Å². The molecule has 19 heavy (non-hydrogen) atoms. The minimum absolute atomic E-state index is 0.156. The SMILES string of the molecule is CCC(O)C(C)CCC(C)(C)CCC(C)C(O)CC. The van der Waals surface area contributed by atoms with Gasteiger partial charge in [-0.3, -0.25) is 0 Å². The zero-order chi connectivity index (χ0) is 15.1. The maximum atomic E-state index is 9.81. The minimum Gasteiger partial charge on any atom is -0.393 e. The van der Waals surface area contributed by atoms with E-state index >= 15 is 0 Å². The van der Waals surface area contributed by atoms with Crippen molar-refractivity contribution in [3.8, 4) is 0 Å². The summed E-state index contributed by atoms with van der Waals surface area (Å²) in [6.07, 6.45) is 5.87. The fourth-order valence-corrected chi connectivity index (χ4v) is 2.55. The monoisotopic (exact) mass is 272 g/mol. The van der Waals surface area contributed by atoms with E-state index in [4.69, 9.17) is 0 Å². The highest BCUT2D eigenvalue weighted by atomic mass is 16.3. The summed E-state index contributed by atoms with van der Waals surface area (Å²) >= 11 is 0. The van der Waals surface area contributed by atoms with Crippen LogP contribution >= 0.6 is 0 Å². The topological polar surface area (TPSA) is 40.5 Å². The van der Waals surface area contributed by atoms with Crippen LogP contribution in [0.1, 0.15) is 80.1 Å². The normalized spacial score (nSPS) is 18.9. The van der Waals surface area contributed by atoms with Gasteiger partial charge in [-0.1, -0.05) is 41.5 Å². The molecule has 0 heterocycles. The number of aliphatic hydroxyl groups excluding tert-OH is 2. The lowest BCUT2D eigenvalue weighted by molar-refractivity contribution is 0.0879. The predicted octanol–water partition coefficient (Wildman–Crippen LogP) is 4.39. The van der Waals surface area contributed by atoms with Gasteiger partial charge in [0.2, 0.25) is 0 Å². The van der Waals surface area contributed by atoms with Crippen LogP contribution in [-0.4, -0.2) is 22.4 Å². The Morgan fingerprint density at radius 2 is 1.11 bits per heavy atom. The molecule has 0 amide bonds. The van der Waals surface area contributed by atoms with Crippen LogP contribution in [0.15, 0.2) is 0 Å². The van der Waals surface area contributed by atoms with Gasteiger partial charge in [0.25, 0.3) is 0 Å². The number of hydrogen-bond acceptors (Lipinski definition) is 2. The zero-order valence-electron chi connectivity index (χ0n) is 13.9. The number of rotatable bonds is 10. The lowest BCUT2D eigenvalue weighted by Crippen LogP contribution is -2.22. The Bertz CT molecular complexity index is 203. The lowest BCUT2D eigenvalue weighted by atomic mass is 9.78. The van der Waals surface area contributed by atoms with E-state index in [0.29, 0.717) is 17.3 Å². The molecule has 2 heteroatoms. The molecule has 0 rings (SSSR count). The van der Waals surface area contributed by atoms with Crippen molar-refractivity contribution in [1.29, 1.82) is 0 Å². The third-order valence-corrected chi connectivity index (χ3v) is 4.70. The maximum Gasteiger partial charge on any atom is 0.0563 e. The fourth-order valence-electron chi connectivity index (χ4n) is 2.55. The third-order valence-electron chi connectivity index (χ3n) is 4.70. The Hall–Kier alpha value is -0.0800. The van der Waals surface area contributed by atoms with Gasteiger partial charge < -0.3 is 10.2 Å². The molecule has 0 radical (unpaired) electrons. The molecule has 0 saturated heterocycles. The predicted molar refractivity (Wildman–Crippen MR) is 83.2 cm³/mol. The van der Waals surface area contributed by atoms with Gasteiger partial charge in [-0.05, 0) is 55.8 Å². The van der Waals surface area contributed by atoms with Gasteiger partial charge in [0.1, 0.15) is 0 Å². The van der Waals surface area contributed by atoms with Crippen LogP contribution in [0.5, 0.6) is 0 Å². The molecule has 0 bridgehead atoms. The van der Waals surface area contributed by atoms with Crippen molar-refractivity contribution in [1.82, 2.24) is 0 Å². The summed E-state index contributed by atoms with van der Waals surface area (Å²) in [7, 11) is 0. The van der Waals surface area contributed by atoms with Crippen LogP contribution in [0.25, 0.3) is 0 Å². The Morgan fingerprint density at radius 3 is 1.37 bits per heavy atom. The highest BCUT2D eigenvalue weighted by Crippen LogP contribution is 2.33. The van der Waals surface area contributed by atoms with Crippen LogP contribution in [0.3, 0.4) is 0 Å². The summed E-state index contributed by atoms with van der Waals surface area (Å²) < 4.78 is 0. The average molecular weight is 272 g/mol. The molecule has 0 aliphatic carbocycles. The first-order valence-corrected chi connectivity index (χ1v) is 8.09. The fraction of sp³-hybridized carbons (Fsp3) is 1.00. The average Bonchev–Trinajstić information content (AvgIpc) is 2.40. The third kappa shape index (κ3) is 7.94. The molecule has 0 aromatic rings. The largest absolute Gasteiger partial charge is 0.393 e. The summed E-state index contributed by atoms with van der Waals surface area (Å²) in [5, 5.41) is 19.6. The Morgan fingerprint density at radius 1 is 0.789 bits per heavy atom. The van der Waals surface area contributed by atoms with E-state index in [9.17, 15) is 10.2 Å². The molecular formula is C17H36O2. The Labute approximate surface area is 120 Å². The van der Waals surface area contributed by atoms with E-state index < -0.39 is 0 Å². The lowest BCUT2D eigenvalue weighted by Gasteiger charge is -2.29. The molecule has 116 valence electrons. The van der Waals surface area contributed by atoms with E-state index in [1.54, 1.807) is 0 Å². The molecule has 0 saturated carbocycles. The van der Waals surface area contributed by atoms with Crippen molar-refractivity contribution in [3.63, 3.8) is 0 Å². The molecule has 0 aliphatic heterocycles. The van der Waals surface area contributed by atoms with Gasteiger partial charge in [0, 0.05) is 0 Å². The minimum atomic E-state index is -0.156. The quantitative estimate of drug-likeness (QED) is 0.619. The Kier molecular flexibility index (Phi) is 8.93. The molecule has 0 spiro atoms. The van der Waals surface area contributed by atoms with Crippen LogP contribution in [-0.2, 0) is 0 Å². The van der Waals surface area contributed by atoms with Gasteiger partial charge in [-0.2, -0.15) is 0 Å². The molecular weight excluding hydrogens is 236 g/mol. The van der Waals surface area contributed by atoms with Gasteiger partial charge in [-0.15, -0.1) is 0 Å². The van der Waals surface area contributed by atoms with Gasteiger partial charge >= 0.3 is 0 Å². The molecule has 0 aromatic heterocycles. The van der Waals surface area contributed by atoms with Crippen molar-refractivity contribution < 1.29 is 10.2 Å². The van der Waals surface area contributed by atoms with E-state index in [2.05, 4.69) is 27.7 Å². The van der Waals surface area contributed by atoms with Crippen molar-refractivity contribution >= 4 is 0 Å². The summed E-state index contributed by atoms with van der Waals surface area (Å²) in [5.74, 6) is 0.783. The second kappa shape index (κ2) is 8.97. The first-order chi connectivity index (χ1) is 8.73. The van der Waals surface area contributed by atoms with Crippen LogP contribution in [0.4, 0.5) is 0 Å². The van der Waals surface area contributed by atoms with E-state index in [1.807, 2.05) is 13.8 Å². The number of hydrogen-bond donors (Lipinski definition) is 2. The van der Waals surface area contributed by atoms with E-state index in [1.165, 1.54) is 0 Å².